The summed E-state index contributed by atoms with van der Waals surface area (Å²) in [6, 6.07) is 20.3. The Morgan fingerprint density at radius 3 is 2.66 bits per heavy atom. The predicted molar refractivity (Wildman–Crippen MR) is 125 cm³/mol. The van der Waals surface area contributed by atoms with Crippen molar-refractivity contribution in [1.29, 1.82) is 0 Å². The van der Waals surface area contributed by atoms with Crippen LogP contribution in [-0.4, -0.2) is 16.3 Å². The Kier molecular flexibility index (Phi) is 5.50. The number of hydrogen-bond acceptors (Lipinski definition) is 6. The maximum absolute atomic E-state index is 11.5. The van der Waals surface area contributed by atoms with Crippen molar-refractivity contribution in [2.75, 3.05) is 6.79 Å². The molecular weight excluding hydrogens is 494 g/mol. The molecule has 0 unspecified atom stereocenters. The van der Waals surface area contributed by atoms with Crippen LogP contribution in [0.15, 0.2) is 81.6 Å². The normalized spacial score (nSPS) is 12.8. The third-order valence-electron chi connectivity index (χ3n) is 5.01. The first-order chi connectivity index (χ1) is 15.6. The lowest BCUT2D eigenvalue weighted by Crippen LogP contribution is -2.16. The third kappa shape index (κ3) is 4.04. The zero-order chi connectivity index (χ0) is 22.1. The molecule has 5 rings (SSSR count). The predicted octanol–water partition coefficient (Wildman–Crippen LogP) is 5.90. The van der Waals surface area contributed by atoms with E-state index in [1.165, 1.54) is 17.4 Å². The fraction of sp³-hybridized carbons (Fsp3) is 0.0870. The molecule has 0 spiro atoms. The number of aromatic nitrogens is 1. The number of para-hydroxylation sites is 2. The van der Waals surface area contributed by atoms with Crippen molar-refractivity contribution in [2.24, 2.45) is 4.99 Å². The molecule has 4 aromatic rings. The van der Waals surface area contributed by atoms with E-state index in [4.69, 9.17) is 9.47 Å². The summed E-state index contributed by atoms with van der Waals surface area (Å²) < 4.78 is 14.0. The van der Waals surface area contributed by atoms with Crippen LogP contribution in [0.3, 0.4) is 0 Å². The molecule has 9 heteroatoms. The molecule has 1 aliphatic heterocycles. The van der Waals surface area contributed by atoms with Crippen molar-refractivity contribution in [2.45, 2.75) is 6.54 Å². The molecule has 0 N–H and O–H groups in total. The van der Waals surface area contributed by atoms with Crippen LogP contribution in [0.1, 0.15) is 5.56 Å². The zero-order valence-corrected chi connectivity index (χ0v) is 19.0. The molecule has 3 aromatic carbocycles. The number of nitrogens with zero attached hydrogens (tertiary/aromatic N) is 3. The average molecular weight is 510 g/mol. The number of hydrogen-bond donors (Lipinski definition) is 0. The van der Waals surface area contributed by atoms with Gasteiger partial charge in [-0.25, -0.2) is 4.99 Å². The number of thiazole rings is 1. The summed E-state index contributed by atoms with van der Waals surface area (Å²) in [5.74, 6) is 1.43. The number of nitro groups is 1. The first-order valence-corrected chi connectivity index (χ1v) is 11.4. The van der Waals surface area contributed by atoms with Gasteiger partial charge in [0.2, 0.25) is 6.79 Å². The van der Waals surface area contributed by atoms with Crippen LogP contribution in [-0.2, 0) is 6.54 Å². The summed E-state index contributed by atoms with van der Waals surface area (Å²) >= 11 is 4.92. The first kappa shape index (κ1) is 20.5. The molecule has 0 atom stereocenters. The van der Waals surface area contributed by atoms with E-state index >= 15 is 0 Å². The van der Waals surface area contributed by atoms with E-state index in [2.05, 4.69) is 25.5 Å². The van der Waals surface area contributed by atoms with Crippen molar-refractivity contribution >= 4 is 38.6 Å². The van der Waals surface area contributed by atoms with Gasteiger partial charge in [-0.05, 0) is 41.5 Å². The quantitative estimate of drug-likeness (QED) is 0.248. The Morgan fingerprint density at radius 2 is 1.84 bits per heavy atom. The van der Waals surface area contributed by atoms with Crippen LogP contribution in [0.25, 0.3) is 11.3 Å². The molecule has 0 aliphatic carbocycles. The number of ether oxygens (including phenoxy) is 2. The van der Waals surface area contributed by atoms with Gasteiger partial charge < -0.3 is 14.0 Å². The number of benzene rings is 3. The monoisotopic (exact) mass is 509 g/mol. The minimum absolute atomic E-state index is 0.0271. The molecule has 0 saturated heterocycles. The minimum atomic E-state index is -0.412. The lowest BCUT2D eigenvalue weighted by atomic mass is 10.1. The topological polar surface area (TPSA) is 78.9 Å². The van der Waals surface area contributed by atoms with Crippen LogP contribution in [0.4, 0.5) is 11.4 Å². The van der Waals surface area contributed by atoms with Crippen LogP contribution in [0, 0.1) is 10.1 Å². The molecule has 160 valence electrons. The van der Waals surface area contributed by atoms with Gasteiger partial charge in [0, 0.05) is 15.9 Å². The van der Waals surface area contributed by atoms with E-state index < -0.39 is 4.92 Å². The maximum atomic E-state index is 11.5. The fourth-order valence-corrected chi connectivity index (χ4v) is 4.65. The third-order valence-corrected chi connectivity index (χ3v) is 6.40. The summed E-state index contributed by atoms with van der Waals surface area (Å²) in [5, 5.41) is 13.5. The lowest BCUT2D eigenvalue weighted by Gasteiger charge is -2.10. The smallest absolute Gasteiger partial charge is 0.294 e. The number of nitro benzene ring substituents is 1. The molecule has 0 saturated carbocycles. The zero-order valence-electron chi connectivity index (χ0n) is 16.6. The number of halogens is 1. The Bertz CT molecular complexity index is 1380. The average Bonchev–Trinajstić information content (AvgIpc) is 3.42. The molecule has 0 radical (unpaired) electrons. The second-order valence-electron chi connectivity index (χ2n) is 7.04. The van der Waals surface area contributed by atoms with E-state index in [0.717, 1.165) is 27.0 Å². The van der Waals surface area contributed by atoms with Crippen molar-refractivity contribution in [3.8, 4) is 22.8 Å². The van der Waals surface area contributed by atoms with E-state index in [1.807, 2.05) is 47.8 Å². The van der Waals surface area contributed by atoms with Crippen LogP contribution >= 0.6 is 27.3 Å². The highest BCUT2D eigenvalue weighted by Gasteiger charge is 2.16. The van der Waals surface area contributed by atoms with Crippen molar-refractivity contribution < 1.29 is 14.4 Å². The van der Waals surface area contributed by atoms with Gasteiger partial charge in [0.15, 0.2) is 16.3 Å². The Labute approximate surface area is 195 Å². The van der Waals surface area contributed by atoms with Gasteiger partial charge in [-0.3, -0.25) is 10.1 Å². The summed E-state index contributed by atoms with van der Waals surface area (Å²) in [6.07, 6.45) is 0. The number of rotatable bonds is 5. The van der Waals surface area contributed by atoms with Crippen molar-refractivity contribution in [3.63, 3.8) is 0 Å². The van der Waals surface area contributed by atoms with Gasteiger partial charge in [0.25, 0.3) is 5.69 Å². The highest BCUT2D eigenvalue weighted by atomic mass is 79.9. The first-order valence-electron chi connectivity index (χ1n) is 9.69. The molecule has 0 bridgehead atoms. The standard InChI is InChI=1S/C23H16BrN3O4S/c24-17-8-6-16(7-9-17)20-13-32-23(25-18-3-1-2-4-19(18)27(28)29)26(20)12-15-5-10-21-22(11-15)31-14-30-21/h1-11,13H,12,14H2. The van der Waals surface area contributed by atoms with Gasteiger partial charge in [0.05, 0.1) is 17.2 Å². The van der Waals surface area contributed by atoms with E-state index in [1.54, 1.807) is 18.2 Å². The lowest BCUT2D eigenvalue weighted by molar-refractivity contribution is -0.384. The van der Waals surface area contributed by atoms with Crippen molar-refractivity contribution in [1.82, 2.24) is 4.57 Å². The molecule has 0 amide bonds. The molecular formula is C23H16BrN3O4S. The molecule has 1 aromatic heterocycles. The Balaban J connectivity index is 1.64. The summed E-state index contributed by atoms with van der Waals surface area (Å²) in [4.78, 5) is 16.4. The molecule has 32 heavy (non-hydrogen) atoms. The van der Waals surface area contributed by atoms with Gasteiger partial charge in [-0.2, -0.15) is 0 Å². The van der Waals surface area contributed by atoms with Gasteiger partial charge in [-0.15, -0.1) is 11.3 Å². The second kappa shape index (κ2) is 8.60. The van der Waals surface area contributed by atoms with E-state index in [9.17, 15) is 10.1 Å². The van der Waals surface area contributed by atoms with Gasteiger partial charge in [-0.1, -0.05) is 46.3 Å². The summed E-state index contributed by atoms with van der Waals surface area (Å²) in [6.45, 7) is 0.734. The minimum Gasteiger partial charge on any atom is -0.454 e. The highest BCUT2D eigenvalue weighted by molar-refractivity contribution is 9.10. The molecule has 0 fully saturated rings. The molecule has 2 heterocycles. The van der Waals surface area contributed by atoms with Crippen LogP contribution in [0.5, 0.6) is 11.5 Å². The van der Waals surface area contributed by atoms with Crippen LogP contribution in [0.2, 0.25) is 0 Å². The van der Waals surface area contributed by atoms with E-state index in [0.29, 0.717) is 22.8 Å². The Morgan fingerprint density at radius 1 is 1.06 bits per heavy atom. The van der Waals surface area contributed by atoms with E-state index in [-0.39, 0.29) is 12.5 Å². The van der Waals surface area contributed by atoms with Gasteiger partial charge >= 0.3 is 0 Å². The molecule has 7 nitrogen and oxygen atoms in total. The number of fused-ring (bicyclic) bond motifs is 1. The fourth-order valence-electron chi connectivity index (χ4n) is 3.46. The molecule has 1 aliphatic rings. The van der Waals surface area contributed by atoms with Crippen molar-refractivity contribution in [3.05, 3.63) is 97.1 Å². The highest BCUT2D eigenvalue weighted by Crippen LogP contribution is 2.33. The second-order valence-corrected chi connectivity index (χ2v) is 8.79. The summed E-state index contributed by atoms with van der Waals surface area (Å²) in [7, 11) is 0. The summed E-state index contributed by atoms with van der Waals surface area (Å²) in [5.41, 5.74) is 3.29. The van der Waals surface area contributed by atoms with Gasteiger partial charge in [0.1, 0.15) is 5.69 Å². The Hall–Kier alpha value is -3.43. The van der Waals surface area contributed by atoms with Crippen LogP contribution < -0.4 is 14.3 Å². The largest absolute Gasteiger partial charge is 0.454 e. The maximum Gasteiger partial charge on any atom is 0.294 e. The SMILES string of the molecule is O=[N+]([O-])c1ccccc1N=c1scc(-c2ccc(Br)cc2)n1Cc1ccc2c(c1)OCO2.